The van der Waals surface area contributed by atoms with E-state index < -0.39 is 44.1 Å². The minimum Gasteiger partial charge on any atom is -0.390 e. The summed E-state index contributed by atoms with van der Waals surface area (Å²) in [5.74, 6) is 0. The number of phosphoric acid groups is 1. The Bertz CT molecular complexity index is 633. The SMILES string of the molecule is O=c1ccn([C@H]2C[C@@H](O)[C@H](COP(=O)(O)O)O2)c(=O)[nH]1. The predicted molar refractivity (Wildman–Crippen MR) is 63.9 cm³/mol. The van der Waals surface area contributed by atoms with Crippen LogP contribution >= 0.6 is 7.82 Å². The van der Waals surface area contributed by atoms with Gasteiger partial charge in [0, 0.05) is 18.7 Å². The number of aromatic nitrogens is 2. The number of rotatable bonds is 4. The van der Waals surface area contributed by atoms with Crippen LogP contribution < -0.4 is 11.2 Å². The first kappa shape index (κ1) is 15.1. The zero-order valence-electron chi connectivity index (χ0n) is 10.1. The van der Waals surface area contributed by atoms with Crippen LogP contribution in [0, 0.1) is 0 Å². The average molecular weight is 308 g/mol. The summed E-state index contributed by atoms with van der Waals surface area (Å²) >= 11 is 0. The first-order valence-corrected chi connectivity index (χ1v) is 7.14. The minimum absolute atomic E-state index is 0.0289. The number of phosphoric ester groups is 1. The van der Waals surface area contributed by atoms with Crippen molar-refractivity contribution in [1.82, 2.24) is 9.55 Å². The van der Waals surface area contributed by atoms with Crippen molar-refractivity contribution < 1.29 is 28.7 Å². The van der Waals surface area contributed by atoms with Gasteiger partial charge in [-0.15, -0.1) is 0 Å². The first-order chi connectivity index (χ1) is 9.26. The highest BCUT2D eigenvalue weighted by molar-refractivity contribution is 7.46. The van der Waals surface area contributed by atoms with Gasteiger partial charge in [0.1, 0.15) is 12.3 Å². The zero-order valence-corrected chi connectivity index (χ0v) is 11.0. The molecule has 1 aliphatic heterocycles. The predicted octanol–water partition coefficient (Wildman–Crippen LogP) is -1.71. The Labute approximate surface area is 111 Å². The fourth-order valence-electron chi connectivity index (χ4n) is 1.86. The number of H-pyrrole nitrogens is 1. The number of ether oxygens (including phenoxy) is 1. The molecule has 2 heterocycles. The Morgan fingerprint density at radius 2 is 2.20 bits per heavy atom. The summed E-state index contributed by atoms with van der Waals surface area (Å²) in [5, 5.41) is 9.72. The van der Waals surface area contributed by atoms with Gasteiger partial charge in [0.05, 0.1) is 12.7 Å². The van der Waals surface area contributed by atoms with Crippen molar-refractivity contribution in [3.05, 3.63) is 33.1 Å². The molecular formula is C9H13N2O8P. The number of nitrogens with zero attached hydrogens (tertiary/aromatic N) is 1. The third kappa shape index (κ3) is 3.63. The van der Waals surface area contributed by atoms with Gasteiger partial charge in [-0.05, 0) is 0 Å². The molecule has 0 saturated carbocycles. The van der Waals surface area contributed by atoms with Gasteiger partial charge in [-0.25, -0.2) is 9.36 Å². The Balaban J connectivity index is 2.08. The molecule has 0 unspecified atom stereocenters. The van der Waals surface area contributed by atoms with Crippen LogP contribution in [0.5, 0.6) is 0 Å². The van der Waals surface area contributed by atoms with Crippen molar-refractivity contribution in [2.75, 3.05) is 6.61 Å². The Morgan fingerprint density at radius 1 is 1.50 bits per heavy atom. The van der Waals surface area contributed by atoms with Crippen LogP contribution in [0.2, 0.25) is 0 Å². The molecule has 1 fully saturated rings. The van der Waals surface area contributed by atoms with Gasteiger partial charge in [0.25, 0.3) is 5.56 Å². The summed E-state index contributed by atoms with van der Waals surface area (Å²) in [5.41, 5.74) is -1.27. The van der Waals surface area contributed by atoms with Crippen LogP contribution in [0.1, 0.15) is 12.6 Å². The van der Waals surface area contributed by atoms with E-state index in [1.807, 2.05) is 4.98 Å². The average Bonchev–Trinajstić information content (AvgIpc) is 2.67. The lowest BCUT2D eigenvalue weighted by Gasteiger charge is -2.16. The van der Waals surface area contributed by atoms with E-state index in [2.05, 4.69) is 4.52 Å². The number of hydrogen-bond acceptors (Lipinski definition) is 6. The lowest BCUT2D eigenvalue weighted by Crippen LogP contribution is -2.31. The van der Waals surface area contributed by atoms with Crippen LogP contribution in [-0.4, -0.2) is 43.3 Å². The molecule has 3 atom stereocenters. The highest BCUT2D eigenvalue weighted by Gasteiger charge is 2.36. The summed E-state index contributed by atoms with van der Waals surface area (Å²) < 4.78 is 21.2. The Hall–Kier alpha value is -1.29. The lowest BCUT2D eigenvalue weighted by atomic mass is 10.2. The fourth-order valence-corrected chi connectivity index (χ4v) is 2.20. The van der Waals surface area contributed by atoms with Gasteiger partial charge >= 0.3 is 13.5 Å². The monoisotopic (exact) mass is 308 g/mol. The van der Waals surface area contributed by atoms with E-state index in [0.717, 1.165) is 10.6 Å². The normalized spacial score (nSPS) is 26.9. The van der Waals surface area contributed by atoms with Crippen LogP contribution in [-0.2, 0) is 13.8 Å². The minimum atomic E-state index is -4.66. The summed E-state index contributed by atoms with van der Waals surface area (Å²) in [6.07, 6.45) is -1.64. The summed E-state index contributed by atoms with van der Waals surface area (Å²) in [6, 6.07) is 1.12. The molecule has 0 aliphatic carbocycles. The highest BCUT2D eigenvalue weighted by Crippen LogP contribution is 2.37. The molecule has 2 rings (SSSR count). The molecule has 1 aromatic heterocycles. The van der Waals surface area contributed by atoms with Crippen LogP contribution in [0.15, 0.2) is 21.9 Å². The molecule has 10 nitrogen and oxygen atoms in total. The van der Waals surface area contributed by atoms with Gasteiger partial charge in [-0.1, -0.05) is 0 Å². The maximum atomic E-state index is 11.5. The summed E-state index contributed by atoms with van der Waals surface area (Å²) in [6.45, 7) is -0.514. The van der Waals surface area contributed by atoms with E-state index in [1.165, 1.54) is 6.20 Å². The lowest BCUT2D eigenvalue weighted by molar-refractivity contribution is -0.0450. The molecule has 11 heteroatoms. The Kier molecular flexibility index (Phi) is 4.23. The maximum Gasteiger partial charge on any atom is 0.469 e. The molecule has 0 spiro atoms. The summed E-state index contributed by atoms with van der Waals surface area (Å²) in [4.78, 5) is 41.7. The molecule has 4 N–H and O–H groups in total. The van der Waals surface area contributed by atoms with Gasteiger partial charge in [0.2, 0.25) is 0 Å². The van der Waals surface area contributed by atoms with Gasteiger partial charge in [-0.2, -0.15) is 0 Å². The molecule has 1 aromatic rings. The molecule has 1 saturated heterocycles. The van der Waals surface area contributed by atoms with E-state index in [0.29, 0.717) is 0 Å². The number of nitrogens with one attached hydrogen (secondary N) is 1. The van der Waals surface area contributed by atoms with Crippen molar-refractivity contribution in [3.8, 4) is 0 Å². The molecular weight excluding hydrogens is 295 g/mol. The molecule has 20 heavy (non-hydrogen) atoms. The second-order valence-electron chi connectivity index (χ2n) is 4.24. The quantitative estimate of drug-likeness (QED) is 0.480. The highest BCUT2D eigenvalue weighted by atomic mass is 31.2. The van der Waals surface area contributed by atoms with Crippen molar-refractivity contribution in [2.45, 2.75) is 24.9 Å². The fraction of sp³-hybridized carbons (Fsp3) is 0.556. The zero-order chi connectivity index (χ0) is 14.9. The van der Waals surface area contributed by atoms with E-state index in [4.69, 9.17) is 14.5 Å². The second-order valence-corrected chi connectivity index (χ2v) is 5.48. The smallest absolute Gasteiger partial charge is 0.390 e. The van der Waals surface area contributed by atoms with Gasteiger partial charge in [0.15, 0.2) is 0 Å². The third-order valence-electron chi connectivity index (χ3n) is 2.77. The van der Waals surface area contributed by atoms with Crippen molar-refractivity contribution in [1.29, 1.82) is 0 Å². The standard InChI is InChI=1S/C9H13N2O8P/c12-5-3-8(11-2-1-7(13)10-9(11)14)19-6(5)4-18-20(15,16)17/h1-2,5-6,8,12H,3-4H2,(H,10,13,14)(H2,15,16,17)/t5-,6+,8-/m1/s1. The number of hydrogen-bond donors (Lipinski definition) is 4. The van der Waals surface area contributed by atoms with Crippen molar-refractivity contribution >= 4 is 7.82 Å². The van der Waals surface area contributed by atoms with Gasteiger partial charge in [-0.3, -0.25) is 18.9 Å². The van der Waals surface area contributed by atoms with Crippen molar-refractivity contribution in [3.63, 3.8) is 0 Å². The third-order valence-corrected chi connectivity index (χ3v) is 3.26. The van der Waals surface area contributed by atoms with E-state index >= 15 is 0 Å². The first-order valence-electron chi connectivity index (χ1n) is 5.61. The van der Waals surface area contributed by atoms with Gasteiger partial charge < -0.3 is 19.6 Å². The van der Waals surface area contributed by atoms with E-state index in [-0.39, 0.29) is 6.42 Å². The van der Waals surface area contributed by atoms with Crippen LogP contribution in [0.4, 0.5) is 0 Å². The van der Waals surface area contributed by atoms with E-state index in [1.54, 1.807) is 0 Å². The van der Waals surface area contributed by atoms with Crippen LogP contribution in [0.3, 0.4) is 0 Å². The summed E-state index contributed by atoms with van der Waals surface area (Å²) in [7, 11) is -4.66. The number of aromatic amines is 1. The van der Waals surface area contributed by atoms with Crippen molar-refractivity contribution in [2.24, 2.45) is 0 Å². The number of aliphatic hydroxyl groups is 1. The second kappa shape index (κ2) is 5.60. The maximum absolute atomic E-state index is 11.5. The topological polar surface area (TPSA) is 151 Å². The molecule has 0 bridgehead atoms. The molecule has 0 amide bonds. The number of aliphatic hydroxyl groups excluding tert-OH is 1. The van der Waals surface area contributed by atoms with Crippen LogP contribution in [0.25, 0.3) is 0 Å². The molecule has 1 aliphatic rings. The van der Waals surface area contributed by atoms with E-state index in [9.17, 15) is 19.3 Å². The Morgan fingerprint density at radius 3 is 2.80 bits per heavy atom. The largest absolute Gasteiger partial charge is 0.469 e. The molecule has 0 aromatic carbocycles. The molecule has 0 radical (unpaired) electrons. The molecule has 112 valence electrons.